The fourth-order valence-electron chi connectivity index (χ4n) is 3.10. The summed E-state index contributed by atoms with van der Waals surface area (Å²) in [6, 6.07) is 6.05. The van der Waals surface area contributed by atoms with Gasteiger partial charge in [0.25, 0.3) is 0 Å². The lowest BCUT2D eigenvalue weighted by molar-refractivity contribution is -0.117. The van der Waals surface area contributed by atoms with Crippen LogP contribution in [0.25, 0.3) is 0 Å². The van der Waals surface area contributed by atoms with Gasteiger partial charge in [-0.3, -0.25) is 4.79 Å². The SMILES string of the molecule is Cc1cccc2c1NC1(CCCC1)CC(=O)N2. The summed E-state index contributed by atoms with van der Waals surface area (Å²) in [7, 11) is 0. The Morgan fingerprint density at radius 3 is 2.76 bits per heavy atom. The lowest BCUT2D eigenvalue weighted by Gasteiger charge is -2.29. The van der Waals surface area contributed by atoms with E-state index < -0.39 is 0 Å². The Labute approximate surface area is 102 Å². The summed E-state index contributed by atoms with van der Waals surface area (Å²) in [5, 5.41) is 6.66. The second-order valence-corrected chi connectivity index (χ2v) is 5.33. The van der Waals surface area contributed by atoms with E-state index in [0.29, 0.717) is 6.42 Å². The van der Waals surface area contributed by atoms with Gasteiger partial charge in [-0.05, 0) is 31.4 Å². The Kier molecular flexibility index (Phi) is 2.35. The predicted molar refractivity (Wildman–Crippen MR) is 69.2 cm³/mol. The van der Waals surface area contributed by atoms with Crippen LogP contribution < -0.4 is 10.6 Å². The van der Waals surface area contributed by atoms with Crippen molar-refractivity contribution in [2.45, 2.75) is 44.6 Å². The molecule has 0 bridgehead atoms. The molecule has 1 aliphatic heterocycles. The topological polar surface area (TPSA) is 41.1 Å². The Balaban J connectivity index is 2.05. The summed E-state index contributed by atoms with van der Waals surface area (Å²) in [5.41, 5.74) is 3.25. The van der Waals surface area contributed by atoms with Gasteiger partial charge < -0.3 is 10.6 Å². The van der Waals surface area contributed by atoms with Gasteiger partial charge in [0.2, 0.25) is 5.91 Å². The summed E-state index contributed by atoms with van der Waals surface area (Å²) in [4.78, 5) is 12.0. The number of amides is 1. The zero-order chi connectivity index (χ0) is 11.9. The minimum atomic E-state index is 0.00144. The van der Waals surface area contributed by atoms with Crippen LogP contribution in [0.1, 0.15) is 37.7 Å². The van der Waals surface area contributed by atoms with Crippen LogP contribution in [0.4, 0.5) is 11.4 Å². The van der Waals surface area contributed by atoms with Gasteiger partial charge in [0.05, 0.1) is 11.4 Å². The van der Waals surface area contributed by atoms with Crippen molar-refractivity contribution < 1.29 is 4.79 Å². The Morgan fingerprint density at radius 1 is 1.24 bits per heavy atom. The molecular formula is C14H18N2O. The Morgan fingerprint density at radius 2 is 2.00 bits per heavy atom. The molecule has 90 valence electrons. The van der Waals surface area contributed by atoms with Crippen molar-refractivity contribution in [3.8, 4) is 0 Å². The first-order chi connectivity index (χ1) is 8.19. The van der Waals surface area contributed by atoms with E-state index in [1.54, 1.807) is 0 Å². The van der Waals surface area contributed by atoms with E-state index in [0.717, 1.165) is 24.2 Å². The van der Waals surface area contributed by atoms with Crippen molar-refractivity contribution in [1.29, 1.82) is 0 Å². The second-order valence-electron chi connectivity index (χ2n) is 5.33. The molecular weight excluding hydrogens is 212 g/mol. The average molecular weight is 230 g/mol. The number of carbonyl (C=O) groups is 1. The lowest BCUT2D eigenvalue weighted by Crippen LogP contribution is -2.37. The second kappa shape index (κ2) is 3.76. The zero-order valence-corrected chi connectivity index (χ0v) is 10.2. The first-order valence-corrected chi connectivity index (χ1v) is 6.36. The molecule has 1 spiro atoms. The van der Waals surface area contributed by atoms with Crippen LogP contribution in [-0.2, 0) is 4.79 Å². The molecule has 0 atom stereocenters. The van der Waals surface area contributed by atoms with Crippen molar-refractivity contribution in [1.82, 2.24) is 0 Å². The van der Waals surface area contributed by atoms with E-state index in [1.165, 1.54) is 18.4 Å². The summed E-state index contributed by atoms with van der Waals surface area (Å²) in [5.74, 6) is 0.142. The number of fused-ring (bicyclic) bond motifs is 1. The van der Waals surface area contributed by atoms with Crippen LogP contribution in [0.2, 0.25) is 0 Å². The summed E-state index contributed by atoms with van der Waals surface area (Å²) in [6.07, 6.45) is 5.26. The highest BCUT2D eigenvalue weighted by Crippen LogP contribution is 2.41. The van der Waals surface area contributed by atoms with Crippen molar-refractivity contribution in [2.24, 2.45) is 0 Å². The normalized spacial score (nSPS) is 21.6. The molecule has 0 aromatic heterocycles. The highest BCUT2D eigenvalue weighted by molar-refractivity contribution is 5.97. The lowest BCUT2D eigenvalue weighted by atomic mass is 9.92. The molecule has 3 rings (SSSR count). The van der Waals surface area contributed by atoms with E-state index >= 15 is 0 Å². The number of aryl methyl sites for hydroxylation is 1. The van der Waals surface area contributed by atoms with Crippen molar-refractivity contribution in [2.75, 3.05) is 10.6 Å². The van der Waals surface area contributed by atoms with Gasteiger partial charge in [0.15, 0.2) is 0 Å². The number of anilines is 2. The number of hydrogen-bond acceptors (Lipinski definition) is 2. The molecule has 0 saturated heterocycles. The van der Waals surface area contributed by atoms with Gasteiger partial charge in [-0.1, -0.05) is 25.0 Å². The van der Waals surface area contributed by atoms with E-state index in [-0.39, 0.29) is 11.4 Å². The van der Waals surface area contributed by atoms with Crippen molar-refractivity contribution >= 4 is 17.3 Å². The van der Waals surface area contributed by atoms with E-state index in [9.17, 15) is 4.79 Å². The molecule has 1 fully saturated rings. The van der Waals surface area contributed by atoms with Crippen molar-refractivity contribution in [3.05, 3.63) is 23.8 Å². The maximum Gasteiger partial charge on any atom is 0.226 e. The minimum absolute atomic E-state index is 0.00144. The fraction of sp³-hybridized carbons (Fsp3) is 0.500. The van der Waals surface area contributed by atoms with Crippen LogP contribution in [0.3, 0.4) is 0 Å². The Bertz CT molecular complexity index is 461. The highest BCUT2D eigenvalue weighted by Gasteiger charge is 2.38. The highest BCUT2D eigenvalue weighted by atomic mass is 16.1. The molecule has 1 heterocycles. The molecule has 0 unspecified atom stereocenters. The third-order valence-electron chi connectivity index (χ3n) is 4.00. The first-order valence-electron chi connectivity index (χ1n) is 6.36. The molecule has 0 radical (unpaired) electrons. The molecule has 3 nitrogen and oxygen atoms in total. The molecule has 1 aliphatic carbocycles. The van der Waals surface area contributed by atoms with Gasteiger partial charge in [-0.15, -0.1) is 0 Å². The number of hydrogen-bond donors (Lipinski definition) is 2. The monoisotopic (exact) mass is 230 g/mol. The molecule has 1 amide bonds. The van der Waals surface area contributed by atoms with E-state index in [2.05, 4.69) is 23.6 Å². The predicted octanol–water partition coefficient (Wildman–Crippen LogP) is 3.06. The van der Waals surface area contributed by atoms with E-state index in [4.69, 9.17) is 0 Å². The number of rotatable bonds is 0. The summed E-state index contributed by atoms with van der Waals surface area (Å²) in [6.45, 7) is 2.09. The molecule has 17 heavy (non-hydrogen) atoms. The van der Waals surface area contributed by atoms with Crippen molar-refractivity contribution in [3.63, 3.8) is 0 Å². The van der Waals surface area contributed by atoms with Crippen LogP contribution in [0.5, 0.6) is 0 Å². The van der Waals surface area contributed by atoms with Gasteiger partial charge in [0, 0.05) is 12.0 Å². The van der Waals surface area contributed by atoms with Gasteiger partial charge in [-0.2, -0.15) is 0 Å². The number of benzene rings is 1. The largest absolute Gasteiger partial charge is 0.377 e. The quantitative estimate of drug-likeness (QED) is 0.719. The van der Waals surface area contributed by atoms with Gasteiger partial charge in [0.1, 0.15) is 0 Å². The smallest absolute Gasteiger partial charge is 0.226 e. The first kappa shape index (κ1) is 10.6. The molecule has 3 heteroatoms. The average Bonchev–Trinajstić information content (AvgIpc) is 2.65. The van der Waals surface area contributed by atoms with Crippen LogP contribution >= 0.6 is 0 Å². The standard InChI is InChI=1S/C14H18N2O/c1-10-5-4-6-11-13(10)16-14(7-2-3-8-14)9-12(17)15-11/h4-6,16H,2-3,7-9H2,1H3,(H,15,17). The summed E-state index contributed by atoms with van der Waals surface area (Å²) < 4.78 is 0. The number of para-hydroxylation sites is 1. The van der Waals surface area contributed by atoms with E-state index in [1.807, 2.05) is 12.1 Å². The maximum atomic E-state index is 12.0. The number of nitrogens with one attached hydrogen (secondary N) is 2. The number of carbonyl (C=O) groups excluding carboxylic acids is 1. The minimum Gasteiger partial charge on any atom is -0.377 e. The zero-order valence-electron chi connectivity index (χ0n) is 10.2. The third-order valence-corrected chi connectivity index (χ3v) is 4.00. The van der Waals surface area contributed by atoms with Crippen LogP contribution in [-0.4, -0.2) is 11.4 Å². The molecule has 1 aromatic rings. The van der Waals surface area contributed by atoms with Crippen LogP contribution in [0.15, 0.2) is 18.2 Å². The Hall–Kier alpha value is -1.51. The molecule has 2 aliphatic rings. The maximum absolute atomic E-state index is 12.0. The fourth-order valence-corrected chi connectivity index (χ4v) is 3.10. The van der Waals surface area contributed by atoms with Crippen LogP contribution in [0, 0.1) is 6.92 Å². The molecule has 2 N–H and O–H groups in total. The molecule has 1 saturated carbocycles. The van der Waals surface area contributed by atoms with Gasteiger partial charge >= 0.3 is 0 Å². The van der Waals surface area contributed by atoms with Gasteiger partial charge in [-0.25, -0.2) is 0 Å². The molecule has 1 aromatic carbocycles. The summed E-state index contributed by atoms with van der Waals surface area (Å²) >= 11 is 0. The third kappa shape index (κ3) is 1.79.